The van der Waals surface area contributed by atoms with Crippen LogP contribution < -0.4 is 0 Å². The van der Waals surface area contributed by atoms with Crippen molar-refractivity contribution >= 4 is 28.3 Å². The quantitative estimate of drug-likeness (QED) is 0.529. The summed E-state index contributed by atoms with van der Waals surface area (Å²) in [5.74, 6) is 0. The summed E-state index contributed by atoms with van der Waals surface area (Å²) in [5.41, 5.74) is 2.30. The van der Waals surface area contributed by atoms with Gasteiger partial charge in [0.2, 0.25) is 0 Å². The zero-order valence-corrected chi connectivity index (χ0v) is 10.4. The number of nitrogens with zero attached hydrogens (tertiary/aromatic N) is 3. The van der Waals surface area contributed by atoms with Crippen LogP contribution in [0.15, 0.2) is 48.8 Å². The molecule has 3 rings (SSSR count). The molecule has 0 saturated carbocycles. The standard InChI is InChI=1S/C13H8ClN3O2/c14-9-1-3-10(4-2-9)16-8-15-12-6-5-11(17(18)19)7-13(12)16/h1-8H. The van der Waals surface area contributed by atoms with Gasteiger partial charge in [-0.15, -0.1) is 0 Å². The number of hydrogen-bond acceptors (Lipinski definition) is 3. The monoisotopic (exact) mass is 273 g/mol. The Morgan fingerprint density at radius 2 is 1.89 bits per heavy atom. The molecule has 94 valence electrons. The van der Waals surface area contributed by atoms with Gasteiger partial charge in [-0.25, -0.2) is 4.98 Å². The average molecular weight is 274 g/mol. The summed E-state index contributed by atoms with van der Waals surface area (Å²) in [4.78, 5) is 14.6. The van der Waals surface area contributed by atoms with Gasteiger partial charge in [0.25, 0.3) is 5.69 Å². The number of imidazole rings is 1. The highest BCUT2D eigenvalue weighted by Gasteiger charge is 2.10. The molecule has 0 aliphatic heterocycles. The Morgan fingerprint density at radius 1 is 1.16 bits per heavy atom. The fourth-order valence-corrected chi connectivity index (χ4v) is 2.04. The fraction of sp³-hybridized carbons (Fsp3) is 0. The minimum Gasteiger partial charge on any atom is -0.299 e. The molecule has 0 radical (unpaired) electrons. The third-order valence-corrected chi connectivity index (χ3v) is 3.10. The number of halogens is 1. The Kier molecular flexibility index (Phi) is 2.68. The van der Waals surface area contributed by atoms with Gasteiger partial charge in [-0.1, -0.05) is 11.6 Å². The molecular formula is C13H8ClN3O2. The SMILES string of the molecule is O=[N+]([O-])c1ccc2ncn(-c3ccc(Cl)cc3)c2c1. The third kappa shape index (κ3) is 2.04. The molecule has 0 N–H and O–H groups in total. The van der Waals surface area contributed by atoms with Crippen LogP contribution >= 0.6 is 11.6 Å². The maximum absolute atomic E-state index is 10.8. The topological polar surface area (TPSA) is 61.0 Å². The molecule has 0 atom stereocenters. The van der Waals surface area contributed by atoms with Crippen molar-refractivity contribution in [3.8, 4) is 5.69 Å². The Bertz CT molecular complexity index is 765. The normalized spacial score (nSPS) is 10.8. The first-order chi connectivity index (χ1) is 9.15. The molecule has 0 fully saturated rings. The molecule has 0 aliphatic rings. The number of hydrogen-bond donors (Lipinski definition) is 0. The summed E-state index contributed by atoms with van der Waals surface area (Å²) >= 11 is 5.84. The second-order valence-electron chi connectivity index (χ2n) is 4.02. The summed E-state index contributed by atoms with van der Waals surface area (Å²) in [5, 5.41) is 11.5. The molecular weight excluding hydrogens is 266 g/mol. The molecule has 6 heteroatoms. The van der Waals surface area contributed by atoms with E-state index in [9.17, 15) is 10.1 Å². The highest BCUT2D eigenvalue weighted by Crippen LogP contribution is 2.23. The zero-order valence-electron chi connectivity index (χ0n) is 9.65. The van der Waals surface area contributed by atoms with E-state index in [-0.39, 0.29) is 5.69 Å². The van der Waals surface area contributed by atoms with Crippen LogP contribution in [0.3, 0.4) is 0 Å². The summed E-state index contributed by atoms with van der Waals surface area (Å²) < 4.78 is 1.79. The summed E-state index contributed by atoms with van der Waals surface area (Å²) in [7, 11) is 0. The lowest BCUT2D eigenvalue weighted by Gasteiger charge is -2.04. The molecule has 0 spiro atoms. The van der Waals surface area contributed by atoms with Crippen molar-refractivity contribution in [1.82, 2.24) is 9.55 Å². The van der Waals surface area contributed by atoms with Gasteiger partial charge in [-0.05, 0) is 30.3 Å². The Balaban J connectivity index is 2.21. The van der Waals surface area contributed by atoms with E-state index in [1.807, 2.05) is 12.1 Å². The number of non-ortho nitro benzene ring substituents is 1. The maximum Gasteiger partial charge on any atom is 0.271 e. The van der Waals surface area contributed by atoms with Gasteiger partial charge in [0.15, 0.2) is 0 Å². The number of nitro benzene ring substituents is 1. The Morgan fingerprint density at radius 3 is 2.58 bits per heavy atom. The maximum atomic E-state index is 10.8. The first-order valence-electron chi connectivity index (χ1n) is 5.52. The minimum atomic E-state index is -0.418. The highest BCUT2D eigenvalue weighted by molar-refractivity contribution is 6.30. The van der Waals surface area contributed by atoms with Crippen LogP contribution in [0.25, 0.3) is 16.7 Å². The lowest BCUT2D eigenvalue weighted by atomic mass is 10.2. The van der Waals surface area contributed by atoms with Crippen LogP contribution in [-0.2, 0) is 0 Å². The summed E-state index contributed by atoms with van der Waals surface area (Å²) in [6.45, 7) is 0. The molecule has 1 heterocycles. The van der Waals surface area contributed by atoms with E-state index in [2.05, 4.69) is 4.98 Å². The van der Waals surface area contributed by atoms with Crippen LogP contribution in [0.4, 0.5) is 5.69 Å². The van der Waals surface area contributed by atoms with Gasteiger partial charge in [-0.3, -0.25) is 14.7 Å². The van der Waals surface area contributed by atoms with Crippen molar-refractivity contribution in [1.29, 1.82) is 0 Å². The lowest BCUT2D eigenvalue weighted by molar-refractivity contribution is -0.384. The molecule has 0 unspecified atom stereocenters. The Hall–Kier alpha value is -2.40. The van der Waals surface area contributed by atoms with Crippen molar-refractivity contribution in [3.63, 3.8) is 0 Å². The summed E-state index contributed by atoms with van der Waals surface area (Å²) in [6, 6.07) is 11.8. The van der Waals surface area contributed by atoms with Gasteiger partial charge in [0.1, 0.15) is 6.33 Å². The van der Waals surface area contributed by atoms with E-state index in [4.69, 9.17) is 11.6 Å². The molecule has 0 saturated heterocycles. The van der Waals surface area contributed by atoms with Gasteiger partial charge < -0.3 is 0 Å². The molecule has 0 aliphatic carbocycles. The van der Waals surface area contributed by atoms with E-state index in [1.165, 1.54) is 12.1 Å². The number of aromatic nitrogens is 2. The van der Waals surface area contributed by atoms with E-state index in [0.29, 0.717) is 16.1 Å². The second-order valence-corrected chi connectivity index (χ2v) is 4.46. The van der Waals surface area contributed by atoms with Gasteiger partial charge in [-0.2, -0.15) is 0 Å². The lowest BCUT2D eigenvalue weighted by Crippen LogP contribution is -1.93. The second kappa shape index (κ2) is 4.37. The van der Waals surface area contributed by atoms with E-state index >= 15 is 0 Å². The third-order valence-electron chi connectivity index (χ3n) is 2.85. The van der Waals surface area contributed by atoms with Crippen LogP contribution in [-0.4, -0.2) is 14.5 Å². The van der Waals surface area contributed by atoms with E-state index in [1.54, 1.807) is 29.1 Å². The van der Waals surface area contributed by atoms with E-state index < -0.39 is 4.92 Å². The molecule has 19 heavy (non-hydrogen) atoms. The molecule has 2 aromatic carbocycles. The van der Waals surface area contributed by atoms with Gasteiger partial charge in [0.05, 0.1) is 16.0 Å². The number of rotatable bonds is 2. The fourth-order valence-electron chi connectivity index (χ4n) is 1.92. The van der Waals surface area contributed by atoms with Crippen molar-refractivity contribution in [3.05, 3.63) is 63.9 Å². The van der Waals surface area contributed by atoms with Crippen LogP contribution in [0.2, 0.25) is 5.02 Å². The number of fused-ring (bicyclic) bond motifs is 1. The largest absolute Gasteiger partial charge is 0.299 e. The van der Waals surface area contributed by atoms with Gasteiger partial charge in [0, 0.05) is 22.8 Å². The van der Waals surface area contributed by atoms with Gasteiger partial charge >= 0.3 is 0 Å². The molecule has 0 bridgehead atoms. The van der Waals surface area contributed by atoms with Crippen molar-refractivity contribution in [2.75, 3.05) is 0 Å². The highest BCUT2D eigenvalue weighted by atomic mass is 35.5. The molecule has 0 amide bonds. The minimum absolute atomic E-state index is 0.0446. The number of benzene rings is 2. The predicted octanol–water partition coefficient (Wildman–Crippen LogP) is 3.59. The Labute approximate surface area is 113 Å². The van der Waals surface area contributed by atoms with Crippen LogP contribution in [0.5, 0.6) is 0 Å². The number of nitro groups is 1. The van der Waals surface area contributed by atoms with Crippen molar-refractivity contribution in [2.24, 2.45) is 0 Å². The molecule has 1 aromatic heterocycles. The van der Waals surface area contributed by atoms with Crippen molar-refractivity contribution < 1.29 is 4.92 Å². The van der Waals surface area contributed by atoms with Crippen LogP contribution in [0.1, 0.15) is 0 Å². The first kappa shape index (κ1) is 11.7. The summed E-state index contributed by atoms with van der Waals surface area (Å²) in [6.07, 6.45) is 1.64. The predicted molar refractivity (Wildman–Crippen MR) is 72.7 cm³/mol. The van der Waals surface area contributed by atoms with Crippen LogP contribution in [0, 0.1) is 10.1 Å². The van der Waals surface area contributed by atoms with E-state index in [0.717, 1.165) is 5.69 Å². The first-order valence-corrected chi connectivity index (χ1v) is 5.90. The van der Waals surface area contributed by atoms with Crippen molar-refractivity contribution in [2.45, 2.75) is 0 Å². The average Bonchev–Trinajstić information content (AvgIpc) is 2.82. The molecule has 5 nitrogen and oxygen atoms in total. The molecule has 3 aromatic rings. The smallest absolute Gasteiger partial charge is 0.271 e. The zero-order chi connectivity index (χ0) is 13.4.